The van der Waals surface area contributed by atoms with Gasteiger partial charge in [0.1, 0.15) is 13.2 Å². The molecule has 0 atom stereocenters. The molecule has 0 aliphatic carbocycles. The van der Waals surface area contributed by atoms with Gasteiger partial charge in [-0.05, 0) is 37.4 Å². The van der Waals surface area contributed by atoms with Crippen molar-refractivity contribution in [2.75, 3.05) is 57.1 Å². The van der Waals surface area contributed by atoms with E-state index in [4.69, 9.17) is 9.47 Å². The number of aliphatic imine (C=N–C) groups is 1. The van der Waals surface area contributed by atoms with Crippen LogP contribution in [0.1, 0.15) is 0 Å². The lowest BCUT2D eigenvalue weighted by Gasteiger charge is -2.31. The number of likely N-dealkylation sites (N-methyl/N-ethyl adjacent to an activating group) is 1. The highest BCUT2D eigenvalue weighted by atomic mass is 19.1. The van der Waals surface area contributed by atoms with Crippen LogP contribution in [0.4, 0.5) is 33.2 Å². The third-order valence-electron chi connectivity index (χ3n) is 5.79. The molecule has 1 saturated heterocycles. The van der Waals surface area contributed by atoms with E-state index in [-0.39, 0.29) is 17.7 Å². The summed E-state index contributed by atoms with van der Waals surface area (Å²) in [7, 11) is 2.04. The lowest BCUT2D eigenvalue weighted by molar-refractivity contribution is -0.125. The van der Waals surface area contributed by atoms with Crippen LogP contribution >= 0.6 is 0 Å². The molecule has 1 amide bonds. The Morgan fingerprint density at radius 1 is 1.03 bits per heavy atom. The summed E-state index contributed by atoms with van der Waals surface area (Å²) in [6.45, 7) is 4.03. The van der Waals surface area contributed by atoms with Crippen LogP contribution in [-0.2, 0) is 4.79 Å². The SMILES string of the molecule is CN1CCN(C(=O)C=Nc2cccc(Nc3ncc(F)c(Nc4ccc5c(c4)OCCO5)n3)c2)CC1. The van der Waals surface area contributed by atoms with Gasteiger partial charge in [-0.25, -0.2) is 9.37 Å². The van der Waals surface area contributed by atoms with E-state index >= 15 is 0 Å². The average molecular weight is 492 g/mol. The first-order chi connectivity index (χ1) is 17.5. The second-order valence-corrected chi connectivity index (χ2v) is 8.44. The molecule has 2 aromatic carbocycles. The fourth-order valence-electron chi connectivity index (χ4n) is 3.80. The van der Waals surface area contributed by atoms with Gasteiger partial charge >= 0.3 is 0 Å². The number of nitrogens with zero attached hydrogens (tertiary/aromatic N) is 5. The zero-order valence-corrected chi connectivity index (χ0v) is 19.8. The molecule has 186 valence electrons. The van der Waals surface area contributed by atoms with Gasteiger partial charge in [-0.2, -0.15) is 4.98 Å². The van der Waals surface area contributed by atoms with Crippen molar-refractivity contribution in [1.82, 2.24) is 19.8 Å². The Bertz CT molecular complexity index is 1280. The first-order valence-electron chi connectivity index (χ1n) is 11.6. The molecule has 1 fully saturated rings. The number of fused-ring (bicyclic) bond motifs is 1. The minimum atomic E-state index is -0.601. The van der Waals surface area contributed by atoms with Crippen molar-refractivity contribution in [2.24, 2.45) is 4.99 Å². The molecule has 2 aliphatic heterocycles. The van der Waals surface area contributed by atoms with Gasteiger partial charge in [-0.3, -0.25) is 9.79 Å². The predicted octanol–water partition coefficient (Wildman–Crippen LogP) is 3.35. The summed E-state index contributed by atoms with van der Waals surface area (Å²) >= 11 is 0. The minimum absolute atomic E-state index is 0.0103. The molecule has 0 unspecified atom stereocenters. The zero-order chi connectivity index (χ0) is 24.9. The number of aromatic nitrogens is 2. The number of halogens is 1. The van der Waals surface area contributed by atoms with E-state index in [2.05, 4.69) is 30.5 Å². The van der Waals surface area contributed by atoms with Crippen molar-refractivity contribution in [3.05, 3.63) is 54.5 Å². The van der Waals surface area contributed by atoms with Gasteiger partial charge < -0.3 is 29.9 Å². The van der Waals surface area contributed by atoms with Crippen LogP contribution in [-0.4, -0.2) is 78.3 Å². The van der Waals surface area contributed by atoms with E-state index in [0.29, 0.717) is 54.9 Å². The second kappa shape index (κ2) is 10.6. The van der Waals surface area contributed by atoms with Crippen molar-refractivity contribution in [3.8, 4) is 11.5 Å². The standard InChI is InChI=1S/C25H26FN7O3/c1-32-7-9-33(10-8-32)23(34)16-27-17-3-2-4-18(13-17)30-25-28-15-20(26)24(31-25)29-19-5-6-21-22(14-19)36-12-11-35-21/h2-6,13-16H,7-12H2,1H3,(H2,28,29,30,31). The number of anilines is 4. The van der Waals surface area contributed by atoms with Crippen molar-refractivity contribution >= 4 is 41.0 Å². The fourth-order valence-corrected chi connectivity index (χ4v) is 3.80. The number of amides is 1. The number of hydrogen-bond acceptors (Lipinski definition) is 9. The molecule has 5 rings (SSSR count). The van der Waals surface area contributed by atoms with Crippen molar-refractivity contribution in [2.45, 2.75) is 0 Å². The van der Waals surface area contributed by atoms with E-state index in [1.807, 2.05) is 13.1 Å². The van der Waals surface area contributed by atoms with Crippen LogP contribution in [0.15, 0.2) is 53.7 Å². The number of benzene rings is 2. The van der Waals surface area contributed by atoms with Crippen LogP contribution in [0.2, 0.25) is 0 Å². The van der Waals surface area contributed by atoms with Crippen LogP contribution in [0.25, 0.3) is 0 Å². The van der Waals surface area contributed by atoms with Crippen LogP contribution in [0, 0.1) is 5.82 Å². The maximum Gasteiger partial charge on any atom is 0.265 e. The van der Waals surface area contributed by atoms with Crippen molar-refractivity contribution in [3.63, 3.8) is 0 Å². The van der Waals surface area contributed by atoms with Crippen molar-refractivity contribution in [1.29, 1.82) is 0 Å². The predicted molar refractivity (Wildman–Crippen MR) is 135 cm³/mol. The zero-order valence-electron chi connectivity index (χ0n) is 19.8. The average Bonchev–Trinajstić information content (AvgIpc) is 2.90. The minimum Gasteiger partial charge on any atom is -0.486 e. The van der Waals surface area contributed by atoms with Crippen LogP contribution in [0.5, 0.6) is 11.5 Å². The Labute approximate surface area is 207 Å². The summed E-state index contributed by atoms with van der Waals surface area (Å²) in [5, 5.41) is 6.01. The molecule has 10 nitrogen and oxygen atoms in total. The highest BCUT2D eigenvalue weighted by molar-refractivity contribution is 6.26. The smallest absolute Gasteiger partial charge is 0.265 e. The van der Waals surface area contributed by atoms with Crippen LogP contribution in [0.3, 0.4) is 0 Å². The first-order valence-corrected chi connectivity index (χ1v) is 11.6. The molecule has 36 heavy (non-hydrogen) atoms. The Hall–Kier alpha value is -4.25. The second-order valence-electron chi connectivity index (χ2n) is 8.44. The molecule has 1 aromatic heterocycles. The molecule has 0 saturated carbocycles. The molecule has 0 bridgehead atoms. The Balaban J connectivity index is 1.25. The summed E-state index contributed by atoms with van der Waals surface area (Å²) < 4.78 is 25.5. The molecule has 0 radical (unpaired) electrons. The Morgan fingerprint density at radius 3 is 2.64 bits per heavy atom. The number of rotatable bonds is 6. The summed E-state index contributed by atoms with van der Waals surface area (Å²) in [5.41, 5.74) is 1.84. The summed E-state index contributed by atoms with van der Waals surface area (Å²) in [5.74, 6) is 0.726. The van der Waals surface area contributed by atoms with E-state index in [0.717, 1.165) is 19.3 Å². The van der Waals surface area contributed by atoms with Gasteiger partial charge in [0.2, 0.25) is 5.95 Å². The third kappa shape index (κ3) is 5.69. The summed E-state index contributed by atoms with van der Waals surface area (Å²) in [6.07, 6.45) is 2.43. The van der Waals surface area contributed by atoms with Gasteiger partial charge in [0.15, 0.2) is 23.1 Å². The maximum atomic E-state index is 14.4. The molecular formula is C25H26FN7O3. The quantitative estimate of drug-likeness (QED) is 0.506. The topological polar surface area (TPSA) is 104 Å². The molecule has 2 aliphatic rings. The van der Waals surface area contributed by atoms with Crippen molar-refractivity contribution < 1.29 is 18.7 Å². The highest BCUT2D eigenvalue weighted by Gasteiger charge is 2.17. The van der Waals surface area contributed by atoms with Gasteiger partial charge in [0.05, 0.1) is 18.1 Å². The summed E-state index contributed by atoms with van der Waals surface area (Å²) in [6, 6.07) is 12.4. The van der Waals surface area contributed by atoms with E-state index in [1.165, 1.54) is 6.21 Å². The Kier molecular flexibility index (Phi) is 6.89. The molecule has 3 aromatic rings. The number of piperazine rings is 1. The molecule has 3 heterocycles. The largest absolute Gasteiger partial charge is 0.486 e. The number of carbonyl (C=O) groups excluding carboxylic acids is 1. The third-order valence-corrected chi connectivity index (χ3v) is 5.79. The van der Waals surface area contributed by atoms with Gasteiger partial charge in [-0.1, -0.05) is 6.07 Å². The number of hydrogen-bond donors (Lipinski definition) is 2. The Morgan fingerprint density at radius 2 is 1.81 bits per heavy atom. The molecule has 0 spiro atoms. The van der Waals surface area contributed by atoms with Gasteiger partial charge in [-0.15, -0.1) is 0 Å². The fraction of sp³-hybridized carbons (Fsp3) is 0.280. The van der Waals surface area contributed by atoms with Gasteiger partial charge in [0, 0.05) is 43.6 Å². The van der Waals surface area contributed by atoms with E-state index in [1.54, 1.807) is 41.3 Å². The first kappa shape index (κ1) is 23.5. The number of carbonyl (C=O) groups is 1. The monoisotopic (exact) mass is 491 g/mol. The summed E-state index contributed by atoms with van der Waals surface area (Å²) in [4.78, 5) is 29.0. The number of nitrogens with one attached hydrogen (secondary N) is 2. The maximum absolute atomic E-state index is 14.4. The van der Waals surface area contributed by atoms with Crippen LogP contribution < -0.4 is 20.1 Å². The van der Waals surface area contributed by atoms with E-state index in [9.17, 15) is 9.18 Å². The van der Waals surface area contributed by atoms with E-state index < -0.39 is 5.82 Å². The molecule has 11 heteroatoms. The molecular weight excluding hydrogens is 465 g/mol. The lowest BCUT2D eigenvalue weighted by Crippen LogP contribution is -2.47. The normalized spacial score (nSPS) is 15.7. The highest BCUT2D eigenvalue weighted by Crippen LogP contribution is 2.33. The molecule has 2 N–H and O–H groups in total. The number of ether oxygens (including phenoxy) is 2. The lowest BCUT2D eigenvalue weighted by atomic mass is 10.2. The van der Waals surface area contributed by atoms with Gasteiger partial charge in [0.25, 0.3) is 5.91 Å².